The number of aromatic nitrogens is 4. The fourth-order valence-electron chi connectivity index (χ4n) is 2.79. The lowest BCUT2D eigenvalue weighted by Crippen LogP contribution is -2.31. The van der Waals surface area contributed by atoms with Crippen molar-refractivity contribution < 1.29 is 0 Å². The third-order valence-electron chi connectivity index (χ3n) is 4.16. The molecular formula is C19H18N6S. The summed E-state index contributed by atoms with van der Waals surface area (Å²) in [6.45, 7) is 0.514. The minimum absolute atomic E-state index is 0.0980. The molecule has 130 valence electrons. The Kier molecular flexibility index (Phi) is 4.81. The largest absolute Gasteiger partial charge is 0.356 e. The summed E-state index contributed by atoms with van der Waals surface area (Å²) in [6.07, 6.45) is 8.06. The highest BCUT2D eigenvalue weighted by atomic mass is 32.1. The Hall–Kier alpha value is -2.90. The van der Waals surface area contributed by atoms with Crippen molar-refractivity contribution in [1.82, 2.24) is 20.2 Å². The second kappa shape index (κ2) is 7.55. The number of benzene rings is 1. The number of fused-ring (bicyclic) bond motifs is 1. The van der Waals surface area contributed by atoms with E-state index in [-0.39, 0.29) is 6.04 Å². The predicted octanol–water partition coefficient (Wildman–Crippen LogP) is 3.13. The molecule has 0 aliphatic rings. The summed E-state index contributed by atoms with van der Waals surface area (Å²) in [5, 5.41) is 15.9. The van der Waals surface area contributed by atoms with Gasteiger partial charge >= 0.3 is 0 Å². The van der Waals surface area contributed by atoms with Gasteiger partial charge < -0.3 is 11.1 Å². The Labute approximate surface area is 155 Å². The summed E-state index contributed by atoms with van der Waals surface area (Å²) in [5.74, 6) is 0. The summed E-state index contributed by atoms with van der Waals surface area (Å²) in [6, 6.07) is 12.3. The Balaban J connectivity index is 1.51. The fraction of sp³-hybridized carbons (Fsp3) is 0.158. The van der Waals surface area contributed by atoms with Crippen LogP contribution >= 0.6 is 11.3 Å². The molecule has 3 heterocycles. The number of anilines is 1. The molecule has 0 aliphatic heterocycles. The highest BCUT2D eigenvalue weighted by Gasteiger charge is 2.12. The van der Waals surface area contributed by atoms with E-state index in [1.54, 1.807) is 18.6 Å². The molecule has 0 saturated heterocycles. The van der Waals surface area contributed by atoms with Crippen molar-refractivity contribution in [3.05, 3.63) is 66.7 Å². The first-order chi connectivity index (χ1) is 12.8. The lowest BCUT2D eigenvalue weighted by atomic mass is 10.1. The molecule has 1 aromatic carbocycles. The Bertz CT molecular complexity index is 1000. The van der Waals surface area contributed by atoms with E-state index < -0.39 is 0 Å². The van der Waals surface area contributed by atoms with E-state index in [0.29, 0.717) is 6.54 Å². The van der Waals surface area contributed by atoms with Gasteiger partial charge in [0.1, 0.15) is 5.01 Å². The van der Waals surface area contributed by atoms with Crippen LogP contribution in [0.5, 0.6) is 0 Å². The molecule has 0 aliphatic carbocycles. The summed E-state index contributed by atoms with van der Waals surface area (Å²) in [4.78, 5) is 8.19. The van der Waals surface area contributed by atoms with Crippen molar-refractivity contribution in [3.63, 3.8) is 0 Å². The second-order valence-corrected chi connectivity index (χ2v) is 6.96. The molecule has 0 spiro atoms. The van der Waals surface area contributed by atoms with Gasteiger partial charge in [0.25, 0.3) is 0 Å². The Morgan fingerprint density at radius 1 is 0.962 bits per heavy atom. The van der Waals surface area contributed by atoms with E-state index in [2.05, 4.69) is 37.6 Å². The van der Waals surface area contributed by atoms with Gasteiger partial charge in [-0.2, -0.15) is 0 Å². The first-order valence-electron chi connectivity index (χ1n) is 8.35. The van der Waals surface area contributed by atoms with E-state index in [4.69, 9.17) is 5.73 Å². The van der Waals surface area contributed by atoms with Crippen molar-refractivity contribution in [2.24, 2.45) is 5.73 Å². The minimum Gasteiger partial charge on any atom is -0.356 e. The van der Waals surface area contributed by atoms with Gasteiger partial charge in [-0.25, -0.2) is 0 Å². The first kappa shape index (κ1) is 16.6. The molecule has 0 fully saturated rings. The van der Waals surface area contributed by atoms with E-state index in [9.17, 15) is 0 Å². The maximum Gasteiger partial charge on any atom is 0.206 e. The van der Waals surface area contributed by atoms with Gasteiger partial charge in [-0.05, 0) is 41.6 Å². The highest BCUT2D eigenvalue weighted by Crippen LogP contribution is 2.29. The molecular weight excluding hydrogens is 344 g/mol. The molecule has 26 heavy (non-hydrogen) atoms. The van der Waals surface area contributed by atoms with Crippen LogP contribution in [0.2, 0.25) is 0 Å². The van der Waals surface area contributed by atoms with Crippen LogP contribution in [0.25, 0.3) is 21.3 Å². The molecule has 3 N–H and O–H groups in total. The van der Waals surface area contributed by atoms with Crippen LogP contribution in [-0.2, 0) is 6.42 Å². The number of hydrogen-bond acceptors (Lipinski definition) is 7. The lowest BCUT2D eigenvalue weighted by molar-refractivity contribution is 0.720. The SMILES string of the molecule is NC[C@H](Cc1ccncc1)Nc1nnc(-c2ccc3cnccc3c2)s1. The monoisotopic (exact) mass is 362 g/mol. The molecule has 6 nitrogen and oxygen atoms in total. The van der Waals surface area contributed by atoms with Crippen molar-refractivity contribution >= 4 is 27.2 Å². The zero-order valence-corrected chi connectivity index (χ0v) is 14.9. The molecule has 4 aromatic rings. The standard InChI is InChI=1S/C19H18N6S/c20-11-17(9-13-3-6-21-7-4-13)23-19-25-24-18(26-19)15-1-2-16-12-22-8-5-14(16)10-15/h1-8,10,12,17H,9,11,20H2,(H,23,25)/t17-/m0/s1. The lowest BCUT2D eigenvalue weighted by Gasteiger charge is -2.15. The third kappa shape index (κ3) is 3.68. The van der Waals surface area contributed by atoms with Gasteiger partial charge in [0, 0.05) is 48.3 Å². The van der Waals surface area contributed by atoms with Crippen LogP contribution in [0.15, 0.2) is 61.2 Å². The molecule has 0 radical (unpaired) electrons. The zero-order chi connectivity index (χ0) is 17.8. The Morgan fingerprint density at radius 2 is 1.81 bits per heavy atom. The maximum absolute atomic E-state index is 5.92. The topological polar surface area (TPSA) is 89.6 Å². The number of nitrogens with zero attached hydrogens (tertiary/aromatic N) is 4. The number of hydrogen-bond donors (Lipinski definition) is 2. The third-order valence-corrected chi connectivity index (χ3v) is 5.06. The molecule has 0 amide bonds. The number of nitrogens with one attached hydrogen (secondary N) is 1. The average molecular weight is 362 g/mol. The first-order valence-corrected chi connectivity index (χ1v) is 9.16. The van der Waals surface area contributed by atoms with Crippen LogP contribution in [0, 0.1) is 0 Å². The predicted molar refractivity (Wildman–Crippen MR) is 105 cm³/mol. The van der Waals surface area contributed by atoms with Crippen molar-refractivity contribution in [2.45, 2.75) is 12.5 Å². The van der Waals surface area contributed by atoms with E-state index in [0.717, 1.165) is 32.9 Å². The van der Waals surface area contributed by atoms with Crippen LogP contribution in [0.3, 0.4) is 0 Å². The van der Waals surface area contributed by atoms with Crippen molar-refractivity contribution in [3.8, 4) is 10.6 Å². The van der Waals surface area contributed by atoms with Gasteiger partial charge in [0.15, 0.2) is 0 Å². The molecule has 3 aromatic heterocycles. The van der Waals surface area contributed by atoms with Crippen molar-refractivity contribution in [1.29, 1.82) is 0 Å². The second-order valence-electron chi connectivity index (χ2n) is 5.99. The normalized spacial score (nSPS) is 12.2. The van der Waals surface area contributed by atoms with Crippen LogP contribution in [-0.4, -0.2) is 32.8 Å². The van der Waals surface area contributed by atoms with Gasteiger partial charge in [0.2, 0.25) is 5.13 Å². The molecule has 0 saturated carbocycles. The summed E-state index contributed by atoms with van der Waals surface area (Å²) in [7, 11) is 0. The van der Waals surface area contributed by atoms with E-state index in [1.165, 1.54) is 16.9 Å². The number of nitrogens with two attached hydrogens (primary N) is 1. The molecule has 1 atom stereocenters. The van der Waals surface area contributed by atoms with Gasteiger partial charge in [-0.15, -0.1) is 10.2 Å². The summed E-state index contributed by atoms with van der Waals surface area (Å²) >= 11 is 1.53. The summed E-state index contributed by atoms with van der Waals surface area (Å²) < 4.78 is 0. The smallest absolute Gasteiger partial charge is 0.206 e. The fourth-order valence-corrected chi connectivity index (χ4v) is 3.60. The van der Waals surface area contributed by atoms with Gasteiger partial charge in [-0.1, -0.05) is 23.5 Å². The highest BCUT2D eigenvalue weighted by molar-refractivity contribution is 7.18. The molecule has 7 heteroatoms. The molecule has 0 bridgehead atoms. The zero-order valence-electron chi connectivity index (χ0n) is 14.0. The number of rotatable bonds is 6. The quantitative estimate of drug-likeness (QED) is 0.548. The summed E-state index contributed by atoms with van der Waals surface area (Å²) in [5.41, 5.74) is 8.16. The van der Waals surface area contributed by atoms with Crippen LogP contribution < -0.4 is 11.1 Å². The van der Waals surface area contributed by atoms with Gasteiger partial charge in [0.05, 0.1) is 0 Å². The van der Waals surface area contributed by atoms with E-state index in [1.807, 2.05) is 30.5 Å². The van der Waals surface area contributed by atoms with Crippen LogP contribution in [0.1, 0.15) is 5.56 Å². The van der Waals surface area contributed by atoms with Gasteiger partial charge in [-0.3, -0.25) is 9.97 Å². The molecule has 4 rings (SSSR count). The van der Waals surface area contributed by atoms with E-state index >= 15 is 0 Å². The average Bonchev–Trinajstić information content (AvgIpc) is 3.16. The number of pyridine rings is 2. The van der Waals surface area contributed by atoms with Crippen molar-refractivity contribution in [2.75, 3.05) is 11.9 Å². The molecule has 0 unspecified atom stereocenters. The minimum atomic E-state index is 0.0980. The van der Waals surface area contributed by atoms with Crippen LogP contribution in [0.4, 0.5) is 5.13 Å². The Morgan fingerprint density at radius 3 is 2.65 bits per heavy atom. The maximum atomic E-state index is 5.92.